The smallest absolute Gasteiger partial charge is 0.156 e. The Hall–Kier alpha value is 1.56. The highest BCUT2D eigenvalue weighted by atomic mass is 79.9. The van der Waals surface area contributed by atoms with E-state index in [1.165, 1.54) is 0 Å². The van der Waals surface area contributed by atoms with Crippen LogP contribution in [0.3, 0.4) is 0 Å². The van der Waals surface area contributed by atoms with Crippen molar-refractivity contribution in [2.24, 2.45) is 0 Å². The van der Waals surface area contributed by atoms with E-state index < -0.39 is 0 Å². The highest BCUT2D eigenvalue weighted by molar-refractivity contribution is 9.12. The lowest BCUT2D eigenvalue weighted by molar-refractivity contribution is 0.469. The van der Waals surface area contributed by atoms with Crippen molar-refractivity contribution in [1.82, 2.24) is 0 Å². The first-order chi connectivity index (χ1) is 12.5. The molecule has 144 valence electrons. The molecule has 0 N–H and O–H groups in total. The van der Waals surface area contributed by atoms with Crippen LogP contribution in [-0.4, -0.2) is 0 Å². The molecule has 0 unspecified atom stereocenters. The van der Waals surface area contributed by atoms with Gasteiger partial charge in [-0.3, -0.25) is 0 Å². The van der Waals surface area contributed by atoms with Crippen LogP contribution in [0.1, 0.15) is 11.1 Å². The summed E-state index contributed by atoms with van der Waals surface area (Å²) >= 11 is 28.6. The van der Waals surface area contributed by atoms with Crippen LogP contribution in [0, 0.1) is 0 Å². The highest BCUT2D eigenvalue weighted by Crippen LogP contribution is 2.48. The summed E-state index contributed by atoms with van der Waals surface area (Å²) in [6.07, 6.45) is 1.31. The second-order valence-corrected chi connectivity index (χ2v) is 12.7. The maximum absolute atomic E-state index is 6.34. The Labute approximate surface area is 225 Å². The van der Waals surface area contributed by atoms with E-state index >= 15 is 0 Å². The number of ether oxygens (including phenoxy) is 1. The van der Waals surface area contributed by atoms with Gasteiger partial charge < -0.3 is 4.74 Å². The molecule has 0 saturated carbocycles. The summed E-state index contributed by atoms with van der Waals surface area (Å²) < 4.78 is 13.3. The number of hydrogen-bond acceptors (Lipinski definition) is 1. The molecule has 0 radical (unpaired) electrons. The molecule has 0 heterocycles. The summed E-state index contributed by atoms with van der Waals surface area (Å²) in [5.41, 5.74) is 2.07. The first-order valence-corrected chi connectivity index (χ1v) is 13.5. The number of allylic oxidation sites excluding steroid dienone is 2. The SMILES string of the molecule is C=C(Br)Cc1c(Br)cc(Br)c(Oc2c(Br)cc(Br)c(CC(=C)Br)c2Br)c1Br. The molecule has 1 nitrogen and oxygen atoms in total. The first kappa shape index (κ1) is 24.8. The van der Waals surface area contributed by atoms with Crippen molar-refractivity contribution in [3.63, 3.8) is 0 Å². The van der Waals surface area contributed by atoms with E-state index in [0.29, 0.717) is 24.3 Å². The van der Waals surface area contributed by atoms with Gasteiger partial charge in [0.25, 0.3) is 0 Å². The zero-order valence-corrected chi connectivity index (χ0v) is 26.1. The van der Waals surface area contributed by atoms with Gasteiger partial charge >= 0.3 is 0 Å². The maximum Gasteiger partial charge on any atom is 0.156 e. The van der Waals surface area contributed by atoms with Gasteiger partial charge in [-0.25, -0.2) is 0 Å². The fourth-order valence-corrected chi connectivity index (χ4v) is 7.90. The Kier molecular flexibility index (Phi) is 9.87. The van der Waals surface area contributed by atoms with Gasteiger partial charge in [0.2, 0.25) is 0 Å². The van der Waals surface area contributed by atoms with Crippen LogP contribution in [-0.2, 0) is 12.8 Å². The molecular formula is C18H10Br8O. The van der Waals surface area contributed by atoms with Gasteiger partial charge in [-0.05, 0) is 95.9 Å². The van der Waals surface area contributed by atoms with E-state index in [2.05, 4.69) is 141 Å². The van der Waals surface area contributed by atoms with Crippen molar-refractivity contribution in [2.45, 2.75) is 12.8 Å². The maximum atomic E-state index is 6.34. The molecule has 27 heavy (non-hydrogen) atoms. The van der Waals surface area contributed by atoms with E-state index in [1.807, 2.05) is 12.1 Å². The van der Waals surface area contributed by atoms with Crippen molar-refractivity contribution in [3.8, 4) is 11.5 Å². The largest absolute Gasteiger partial charge is 0.453 e. The molecule has 0 amide bonds. The molecule has 0 aromatic heterocycles. The predicted molar refractivity (Wildman–Crippen MR) is 143 cm³/mol. The lowest BCUT2D eigenvalue weighted by atomic mass is 10.1. The van der Waals surface area contributed by atoms with E-state index in [9.17, 15) is 0 Å². The summed E-state index contributed by atoms with van der Waals surface area (Å²) in [4.78, 5) is 0. The lowest BCUT2D eigenvalue weighted by Gasteiger charge is -2.19. The summed E-state index contributed by atoms with van der Waals surface area (Å²) in [5, 5.41) is 0. The van der Waals surface area contributed by atoms with Crippen molar-refractivity contribution in [1.29, 1.82) is 0 Å². The van der Waals surface area contributed by atoms with Gasteiger partial charge in [-0.1, -0.05) is 76.9 Å². The third kappa shape index (κ3) is 6.28. The van der Waals surface area contributed by atoms with Gasteiger partial charge in [-0.2, -0.15) is 0 Å². The van der Waals surface area contributed by atoms with E-state index in [-0.39, 0.29) is 0 Å². The fraction of sp³-hybridized carbons (Fsp3) is 0.111. The third-order valence-corrected chi connectivity index (χ3v) is 8.22. The second-order valence-electron chi connectivity index (χ2n) is 5.41. The summed E-state index contributed by atoms with van der Waals surface area (Å²) in [6.45, 7) is 7.87. The molecule has 2 aromatic rings. The zero-order valence-electron chi connectivity index (χ0n) is 13.4. The monoisotopic (exact) mass is 873 g/mol. The lowest BCUT2D eigenvalue weighted by Crippen LogP contribution is -1.98. The van der Waals surface area contributed by atoms with Gasteiger partial charge in [0.05, 0.1) is 17.9 Å². The standard InChI is InChI=1S/C18H10Br8O/c1-7(19)3-9-11(21)5-13(23)17(15(9)25)27-18-14(24)6-12(22)10(16(18)26)4-8(2)20/h5-6H,1-4H2. The van der Waals surface area contributed by atoms with E-state index in [1.54, 1.807) is 0 Å². The fourth-order valence-electron chi connectivity index (χ4n) is 2.22. The average Bonchev–Trinajstić information content (AvgIpc) is 2.54. The molecule has 0 saturated heterocycles. The topological polar surface area (TPSA) is 9.23 Å². The molecule has 0 aliphatic carbocycles. The Morgan fingerprint density at radius 1 is 0.667 bits per heavy atom. The minimum atomic E-state index is 0.655. The van der Waals surface area contributed by atoms with Crippen molar-refractivity contribution >= 4 is 127 Å². The molecule has 2 aromatic carbocycles. The van der Waals surface area contributed by atoms with Crippen LogP contribution in [0.5, 0.6) is 11.5 Å². The molecule has 2 rings (SSSR count). The quantitative estimate of drug-likeness (QED) is 0.281. The van der Waals surface area contributed by atoms with Crippen LogP contribution in [0.25, 0.3) is 0 Å². The van der Waals surface area contributed by atoms with Crippen LogP contribution < -0.4 is 4.74 Å². The first-order valence-electron chi connectivity index (χ1n) is 7.20. The van der Waals surface area contributed by atoms with Gasteiger partial charge in [0.1, 0.15) is 0 Å². The van der Waals surface area contributed by atoms with Crippen LogP contribution in [0.4, 0.5) is 0 Å². The Morgan fingerprint density at radius 3 is 1.30 bits per heavy atom. The predicted octanol–water partition coefficient (Wildman–Crippen LogP) is 11.0. The summed E-state index contributed by atoms with van der Waals surface area (Å²) in [6, 6.07) is 3.93. The molecule has 0 spiro atoms. The van der Waals surface area contributed by atoms with Crippen molar-refractivity contribution < 1.29 is 4.74 Å². The minimum absolute atomic E-state index is 0.655. The number of halogens is 8. The van der Waals surface area contributed by atoms with Crippen LogP contribution >= 0.6 is 127 Å². The highest BCUT2D eigenvalue weighted by Gasteiger charge is 2.21. The zero-order chi connectivity index (χ0) is 20.5. The molecule has 0 fully saturated rings. The van der Waals surface area contributed by atoms with Crippen LogP contribution in [0.2, 0.25) is 0 Å². The van der Waals surface area contributed by atoms with Crippen molar-refractivity contribution in [2.75, 3.05) is 0 Å². The molecule has 0 aliphatic heterocycles. The molecule has 9 heteroatoms. The summed E-state index contributed by atoms with van der Waals surface area (Å²) in [5.74, 6) is 1.35. The Morgan fingerprint density at radius 2 is 1.00 bits per heavy atom. The van der Waals surface area contributed by atoms with Crippen molar-refractivity contribution in [3.05, 3.63) is 72.2 Å². The molecular weight excluding hydrogens is 871 g/mol. The van der Waals surface area contributed by atoms with Gasteiger partial charge in [-0.15, -0.1) is 0 Å². The van der Waals surface area contributed by atoms with Crippen LogP contribution in [0.15, 0.2) is 61.1 Å². The van der Waals surface area contributed by atoms with E-state index in [4.69, 9.17) is 4.74 Å². The molecule has 0 aliphatic rings. The molecule has 0 atom stereocenters. The number of hydrogen-bond donors (Lipinski definition) is 0. The number of rotatable bonds is 6. The minimum Gasteiger partial charge on any atom is -0.453 e. The Balaban J connectivity index is 2.60. The van der Waals surface area contributed by atoms with Gasteiger partial charge in [0, 0.05) is 21.8 Å². The number of benzene rings is 2. The Bertz CT molecular complexity index is 860. The molecule has 0 bridgehead atoms. The second kappa shape index (κ2) is 10.7. The average molecular weight is 882 g/mol. The normalized spacial score (nSPS) is 10.8. The van der Waals surface area contributed by atoms with E-state index in [0.717, 1.165) is 46.9 Å². The summed E-state index contributed by atoms with van der Waals surface area (Å²) in [7, 11) is 0. The third-order valence-electron chi connectivity index (χ3n) is 3.39. The van der Waals surface area contributed by atoms with Gasteiger partial charge in [0.15, 0.2) is 11.5 Å².